The van der Waals surface area contributed by atoms with Crippen molar-refractivity contribution in [3.63, 3.8) is 0 Å². The van der Waals surface area contributed by atoms with Gasteiger partial charge in [-0.05, 0) is 24.3 Å². The SMILES string of the molecule is COc1cccc(NC(=O)c2ccccc2-c2ncc(-c3ccccc3)o2)c1. The van der Waals surface area contributed by atoms with Gasteiger partial charge in [0.25, 0.3) is 5.91 Å². The number of carbonyl (C=O) groups excluding carboxylic acids is 1. The third-order valence-corrected chi connectivity index (χ3v) is 4.29. The Morgan fingerprint density at radius 2 is 1.75 bits per heavy atom. The zero-order chi connectivity index (χ0) is 19.3. The summed E-state index contributed by atoms with van der Waals surface area (Å²) in [4.78, 5) is 17.2. The third-order valence-electron chi connectivity index (χ3n) is 4.29. The lowest BCUT2D eigenvalue weighted by molar-refractivity contribution is 0.102. The Hall–Kier alpha value is -3.86. The smallest absolute Gasteiger partial charge is 0.256 e. The van der Waals surface area contributed by atoms with Crippen LogP contribution in [-0.2, 0) is 0 Å². The molecule has 0 saturated heterocycles. The van der Waals surface area contributed by atoms with Gasteiger partial charge >= 0.3 is 0 Å². The second kappa shape index (κ2) is 7.80. The van der Waals surface area contributed by atoms with Crippen LogP contribution in [0.25, 0.3) is 22.8 Å². The molecular weight excluding hydrogens is 352 g/mol. The number of methoxy groups -OCH3 is 1. The second-order valence-electron chi connectivity index (χ2n) is 6.13. The predicted molar refractivity (Wildman–Crippen MR) is 108 cm³/mol. The number of oxazole rings is 1. The Morgan fingerprint density at radius 1 is 0.964 bits per heavy atom. The standard InChI is InChI=1S/C23H18N2O3/c1-27-18-11-7-10-17(14-18)25-22(26)19-12-5-6-13-20(19)23-24-15-21(28-23)16-8-3-2-4-9-16/h2-15H,1H3,(H,25,26). The number of hydrogen-bond donors (Lipinski definition) is 1. The van der Waals surface area contributed by atoms with E-state index in [2.05, 4.69) is 10.3 Å². The highest BCUT2D eigenvalue weighted by Gasteiger charge is 2.17. The summed E-state index contributed by atoms with van der Waals surface area (Å²) in [6.07, 6.45) is 1.67. The maximum Gasteiger partial charge on any atom is 0.256 e. The minimum Gasteiger partial charge on any atom is -0.497 e. The van der Waals surface area contributed by atoms with Crippen LogP contribution in [0.4, 0.5) is 5.69 Å². The molecule has 0 fully saturated rings. The lowest BCUT2D eigenvalue weighted by Gasteiger charge is -2.09. The molecule has 1 heterocycles. The monoisotopic (exact) mass is 370 g/mol. The minimum absolute atomic E-state index is 0.247. The molecule has 0 saturated carbocycles. The number of benzene rings is 3. The summed E-state index contributed by atoms with van der Waals surface area (Å²) in [6.45, 7) is 0. The third kappa shape index (κ3) is 3.64. The number of aromatic nitrogens is 1. The summed E-state index contributed by atoms with van der Waals surface area (Å²) in [5, 5.41) is 2.89. The van der Waals surface area contributed by atoms with Gasteiger partial charge in [0, 0.05) is 22.9 Å². The second-order valence-corrected chi connectivity index (χ2v) is 6.13. The van der Waals surface area contributed by atoms with E-state index in [1.165, 1.54) is 0 Å². The molecule has 3 aromatic carbocycles. The molecule has 0 unspecified atom stereocenters. The van der Waals surface area contributed by atoms with E-state index in [0.29, 0.717) is 34.2 Å². The van der Waals surface area contributed by atoms with Gasteiger partial charge in [-0.3, -0.25) is 4.79 Å². The molecule has 4 rings (SSSR count). The number of anilines is 1. The van der Waals surface area contributed by atoms with E-state index in [9.17, 15) is 4.79 Å². The Morgan fingerprint density at radius 3 is 2.57 bits per heavy atom. The van der Waals surface area contributed by atoms with Crippen molar-refractivity contribution in [3.05, 3.63) is 90.6 Å². The van der Waals surface area contributed by atoms with Crippen LogP contribution in [0.3, 0.4) is 0 Å². The van der Waals surface area contributed by atoms with Gasteiger partial charge < -0.3 is 14.5 Å². The first kappa shape index (κ1) is 17.5. The summed E-state index contributed by atoms with van der Waals surface area (Å²) >= 11 is 0. The van der Waals surface area contributed by atoms with E-state index < -0.39 is 0 Å². The van der Waals surface area contributed by atoms with Crippen LogP contribution in [0, 0.1) is 0 Å². The molecule has 1 amide bonds. The molecule has 0 radical (unpaired) electrons. The van der Waals surface area contributed by atoms with Gasteiger partial charge in [-0.25, -0.2) is 4.98 Å². The van der Waals surface area contributed by atoms with Crippen molar-refractivity contribution in [2.75, 3.05) is 12.4 Å². The largest absolute Gasteiger partial charge is 0.497 e. The number of nitrogens with zero attached hydrogens (tertiary/aromatic N) is 1. The Labute approximate surface area is 162 Å². The molecule has 28 heavy (non-hydrogen) atoms. The van der Waals surface area contributed by atoms with Crippen LogP contribution in [0.15, 0.2) is 89.5 Å². The van der Waals surface area contributed by atoms with E-state index >= 15 is 0 Å². The zero-order valence-electron chi connectivity index (χ0n) is 15.3. The summed E-state index contributed by atoms with van der Waals surface area (Å²) in [5.41, 5.74) is 2.69. The average molecular weight is 370 g/mol. The highest BCUT2D eigenvalue weighted by molar-refractivity contribution is 6.08. The fourth-order valence-electron chi connectivity index (χ4n) is 2.90. The number of amides is 1. The van der Waals surface area contributed by atoms with Gasteiger partial charge in [0.1, 0.15) is 5.75 Å². The number of ether oxygens (including phenoxy) is 1. The minimum atomic E-state index is -0.247. The van der Waals surface area contributed by atoms with Gasteiger partial charge in [0.2, 0.25) is 5.89 Å². The first-order valence-corrected chi connectivity index (χ1v) is 8.80. The summed E-state index contributed by atoms with van der Waals surface area (Å²) in [5.74, 6) is 1.48. The zero-order valence-corrected chi connectivity index (χ0v) is 15.3. The van der Waals surface area contributed by atoms with E-state index in [0.717, 1.165) is 5.56 Å². The van der Waals surface area contributed by atoms with Crippen LogP contribution in [-0.4, -0.2) is 18.0 Å². The van der Waals surface area contributed by atoms with Crippen LogP contribution >= 0.6 is 0 Å². The Balaban J connectivity index is 1.64. The van der Waals surface area contributed by atoms with Crippen LogP contribution in [0.2, 0.25) is 0 Å². The lowest BCUT2D eigenvalue weighted by Crippen LogP contribution is -2.13. The van der Waals surface area contributed by atoms with Crippen molar-refractivity contribution < 1.29 is 13.9 Å². The number of hydrogen-bond acceptors (Lipinski definition) is 4. The van der Waals surface area contributed by atoms with E-state index in [-0.39, 0.29) is 5.91 Å². The summed E-state index contributed by atoms with van der Waals surface area (Å²) in [7, 11) is 1.59. The van der Waals surface area contributed by atoms with Gasteiger partial charge in [0.15, 0.2) is 5.76 Å². The molecule has 0 atom stereocenters. The molecular formula is C23H18N2O3. The van der Waals surface area contributed by atoms with Gasteiger partial charge in [0.05, 0.1) is 18.9 Å². The molecule has 0 spiro atoms. The van der Waals surface area contributed by atoms with Crippen molar-refractivity contribution in [3.8, 4) is 28.5 Å². The van der Waals surface area contributed by atoms with Crippen molar-refractivity contribution in [1.29, 1.82) is 0 Å². The molecule has 138 valence electrons. The van der Waals surface area contributed by atoms with Crippen molar-refractivity contribution >= 4 is 11.6 Å². The summed E-state index contributed by atoms with van der Waals surface area (Å²) < 4.78 is 11.1. The molecule has 5 heteroatoms. The highest BCUT2D eigenvalue weighted by Crippen LogP contribution is 2.28. The first-order chi connectivity index (χ1) is 13.7. The molecule has 0 aliphatic rings. The van der Waals surface area contributed by atoms with Gasteiger partial charge in [-0.15, -0.1) is 0 Å². The molecule has 5 nitrogen and oxygen atoms in total. The highest BCUT2D eigenvalue weighted by atomic mass is 16.5. The lowest BCUT2D eigenvalue weighted by atomic mass is 10.1. The molecule has 1 N–H and O–H groups in total. The van der Waals surface area contributed by atoms with Crippen LogP contribution in [0.1, 0.15) is 10.4 Å². The Kier molecular flexibility index (Phi) is 4.89. The number of nitrogens with one attached hydrogen (secondary N) is 1. The maximum atomic E-state index is 12.9. The fraction of sp³-hybridized carbons (Fsp3) is 0.0435. The van der Waals surface area contributed by atoms with E-state index in [1.54, 1.807) is 25.4 Å². The molecule has 4 aromatic rings. The van der Waals surface area contributed by atoms with E-state index in [4.69, 9.17) is 9.15 Å². The molecule has 0 aliphatic heterocycles. The Bertz CT molecular complexity index is 1100. The molecule has 0 bridgehead atoms. The quantitative estimate of drug-likeness (QED) is 0.520. The maximum absolute atomic E-state index is 12.9. The van der Waals surface area contributed by atoms with Crippen molar-refractivity contribution in [1.82, 2.24) is 4.98 Å². The van der Waals surface area contributed by atoms with Crippen LogP contribution < -0.4 is 10.1 Å². The van der Waals surface area contributed by atoms with Crippen molar-refractivity contribution in [2.24, 2.45) is 0 Å². The van der Waals surface area contributed by atoms with Crippen molar-refractivity contribution in [2.45, 2.75) is 0 Å². The normalized spacial score (nSPS) is 10.5. The molecule has 1 aromatic heterocycles. The predicted octanol–water partition coefficient (Wildman–Crippen LogP) is 5.27. The molecule has 0 aliphatic carbocycles. The van der Waals surface area contributed by atoms with Crippen LogP contribution in [0.5, 0.6) is 5.75 Å². The van der Waals surface area contributed by atoms with Gasteiger partial charge in [-0.1, -0.05) is 48.5 Å². The number of carbonyl (C=O) groups is 1. The fourth-order valence-corrected chi connectivity index (χ4v) is 2.90. The first-order valence-electron chi connectivity index (χ1n) is 8.80. The number of rotatable bonds is 5. The summed E-state index contributed by atoms with van der Waals surface area (Å²) in [6, 6.07) is 24.2. The van der Waals surface area contributed by atoms with Gasteiger partial charge in [-0.2, -0.15) is 0 Å². The average Bonchev–Trinajstić information content (AvgIpc) is 3.25. The van der Waals surface area contributed by atoms with E-state index in [1.807, 2.05) is 66.7 Å². The topological polar surface area (TPSA) is 64.4 Å².